The van der Waals surface area contributed by atoms with Crippen molar-refractivity contribution >= 4 is 29.4 Å². The number of amides is 4. The van der Waals surface area contributed by atoms with E-state index in [2.05, 4.69) is 16.0 Å². The second kappa shape index (κ2) is 16.1. The van der Waals surface area contributed by atoms with Crippen LogP contribution in [0.3, 0.4) is 0 Å². The lowest BCUT2D eigenvalue weighted by Crippen LogP contribution is -2.63. The van der Waals surface area contributed by atoms with Gasteiger partial charge in [0.25, 0.3) is 0 Å². The molecule has 10 heteroatoms. The number of aliphatic hydroxyl groups is 1. The molecule has 2 aliphatic rings. The van der Waals surface area contributed by atoms with Crippen LogP contribution in [0.15, 0.2) is 60.7 Å². The number of Topliss-reactive ketones (excluding diaryl/α,β-unsaturated/α-hetero) is 1. The summed E-state index contributed by atoms with van der Waals surface area (Å²) in [6, 6.07) is 15.2. The summed E-state index contributed by atoms with van der Waals surface area (Å²) in [5.41, 5.74) is 1.71. The maximum Gasteiger partial charge on any atom is 0.246 e. The van der Waals surface area contributed by atoms with Crippen LogP contribution in [0.2, 0.25) is 0 Å². The van der Waals surface area contributed by atoms with Gasteiger partial charge in [-0.15, -0.1) is 0 Å². The number of nitrogens with zero attached hydrogens (tertiary/aromatic N) is 1. The van der Waals surface area contributed by atoms with Crippen molar-refractivity contribution in [1.82, 2.24) is 20.9 Å². The number of carbonyl (C=O) groups excluding carboxylic acids is 5. The Hall–Kier alpha value is -4.05. The fourth-order valence-electron chi connectivity index (χ4n) is 5.89. The molecule has 2 aromatic rings. The fourth-order valence-corrected chi connectivity index (χ4v) is 5.89. The van der Waals surface area contributed by atoms with Crippen molar-refractivity contribution in [3.8, 4) is 0 Å². The third-order valence-corrected chi connectivity index (χ3v) is 8.42. The molecule has 4 N–H and O–H groups in total. The maximum atomic E-state index is 14.0. The van der Waals surface area contributed by atoms with Gasteiger partial charge >= 0.3 is 0 Å². The van der Waals surface area contributed by atoms with Gasteiger partial charge < -0.3 is 26.0 Å². The van der Waals surface area contributed by atoms with Crippen LogP contribution in [-0.4, -0.2) is 76.2 Å². The molecule has 44 heavy (non-hydrogen) atoms. The Morgan fingerprint density at radius 2 is 1.34 bits per heavy atom. The van der Waals surface area contributed by atoms with Crippen LogP contribution >= 0.6 is 0 Å². The molecule has 2 saturated heterocycles. The average molecular weight is 605 g/mol. The van der Waals surface area contributed by atoms with Crippen molar-refractivity contribution in [1.29, 1.82) is 0 Å². The minimum absolute atomic E-state index is 0.207. The van der Waals surface area contributed by atoms with Crippen molar-refractivity contribution in [2.45, 2.75) is 101 Å². The Kier molecular flexibility index (Phi) is 12.1. The monoisotopic (exact) mass is 604 g/mol. The van der Waals surface area contributed by atoms with Crippen LogP contribution in [0, 0.1) is 0 Å². The highest BCUT2D eigenvalue weighted by Crippen LogP contribution is 2.21. The number of ketones is 1. The van der Waals surface area contributed by atoms with Gasteiger partial charge in [0, 0.05) is 25.8 Å². The second-order valence-corrected chi connectivity index (χ2v) is 11.8. The quantitative estimate of drug-likeness (QED) is 0.290. The zero-order chi connectivity index (χ0) is 31.5. The SMILES string of the molecule is C[C@H](O)C(=O)CCCCC[C@@H]1NC(=O)[C@H]2CCCCN2C(=O)[C@H](Cc2ccccc2)NC(=O)[C@H](Cc2ccccc2)NC1=O. The molecule has 5 atom stereocenters. The molecule has 0 bridgehead atoms. The molecule has 236 valence electrons. The lowest BCUT2D eigenvalue weighted by Gasteiger charge is -2.38. The Bertz CT molecular complexity index is 1290. The van der Waals surface area contributed by atoms with Gasteiger partial charge in [0.05, 0.1) is 0 Å². The minimum atomic E-state index is -1.01. The first kappa shape index (κ1) is 32.9. The topological polar surface area (TPSA) is 145 Å². The number of fused-ring (bicyclic) bond motifs is 1. The number of nitrogens with one attached hydrogen (secondary N) is 3. The maximum absolute atomic E-state index is 14.0. The Balaban J connectivity index is 1.59. The van der Waals surface area contributed by atoms with Gasteiger partial charge in [-0.05, 0) is 50.2 Å². The third-order valence-electron chi connectivity index (χ3n) is 8.42. The van der Waals surface area contributed by atoms with E-state index in [9.17, 15) is 29.1 Å². The molecule has 10 nitrogen and oxygen atoms in total. The summed E-state index contributed by atoms with van der Waals surface area (Å²) in [4.78, 5) is 68.6. The summed E-state index contributed by atoms with van der Waals surface area (Å²) in [5.74, 6) is -1.86. The highest BCUT2D eigenvalue weighted by atomic mass is 16.3. The second-order valence-electron chi connectivity index (χ2n) is 11.8. The van der Waals surface area contributed by atoms with Crippen LogP contribution in [-0.2, 0) is 36.8 Å². The number of hydrogen-bond donors (Lipinski definition) is 4. The largest absolute Gasteiger partial charge is 0.386 e. The van der Waals surface area contributed by atoms with Gasteiger partial charge in [0.2, 0.25) is 23.6 Å². The first-order chi connectivity index (χ1) is 21.2. The van der Waals surface area contributed by atoms with E-state index >= 15 is 0 Å². The number of rotatable bonds is 11. The molecule has 0 unspecified atom stereocenters. The van der Waals surface area contributed by atoms with Crippen molar-refractivity contribution in [3.05, 3.63) is 71.8 Å². The summed E-state index contributed by atoms with van der Waals surface area (Å²) in [6.07, 6.45) is 3.71. The highest BCUT2D eigenvalue weighted by molar-refractivity contribution is 5.97. The summed E-state index contributed by atoms with van der Waals surface area (Å²) >= 11 is 0. The van der Waals surface area contributed by atoms with E-state index in [1.807, 2.05) is 60.7 Å². The number of piperidine rings is 1. The molecule has 0 spiro atoms. The van der Waals surface area contributed by atoms with E-state index in [0.29, 0.717) is 38.6 Å². The standard InChI is InChI=1S/C34H44N4O6/c1-23(39)30(40)19-10-4-9-17-26-31(41)36-27(21-24-13-5-2-6-14-24)32(42)37-28(22-25-15-7-3-8-16-25)34(44)38-20-12-11-18-29(38)33(43)35-26/h2-3,5-8,13-16,23,26-29,39H,4,9-12,17-22H2,1H3,(H,35,43)(H,36,41)(H,37,42)/t23-,26-,27-,28-,29+/m0/s1. The third kappa shape index (κ3) is 9.22. The van der Waals surface area contributed by atoms with E-state index in [1.54, 1.807) is 4.90 Å². The smallest absolute Gasteiger partial charge is 0.246 e. The van der Waals surface area contributed by atoms with Crippen LogP contribution < -0.4 is 16.0 Å². The number of hydrogen-bond acceptors (Lipinski definition) is 6. The molecular formula is C34H44N4O6. The highest BCUT2D eigenvalue weighted by Gasteiger charge is 2.39. The molecule has 0 aliphatic carbocycles. The van der Waals surface area contributed by atoms with Gasteiger partial charge in [-0.3, -0.25) is 24.0 Å². The number of aliphatic hydroxyl groups excluding tert-OH is 1. The van der Waals surface area contributed by atoms with Crippen LogP contribution in [0.1, 0.15) is 69.4 Å². The Morgan fingerprint density at radius 1 is 0.773 bits per heavy atom. The summed E-state index contributed by atoms with van der Waals surface area (Å²) in [6.45, 7) is 1.83. The van der Waals surface area contributed by atoms with Crippen molar-refractivity contribution in [3.63, 3.8) is 0 Å². The summed E-state index contributed by atoms with van der Waals surface area (Å²) in [5, 5.41) is 18.2. The molecule has 2 heterocycles. The molecule has 0 saturated carbocycles. The normalized spacial score (nSPS) is 23.7. The van der Waals surface area contributed by atoms with Crippen molar-refractivity contribution < 1.29 is 29.1 Å². The zero-order valence-corrected chi connectivity index (χ0v) is 25.4. The number of unbranched alkanes of at least 4 members (excludes halogenated alkanes) is 2. The molecule has 2 fully saturated rings. The first-order valence-corrected chi connectivity index (χ1v) is 15.7. The van der Waals surface area contributed by atoms with Gasteiger partial charge in [0.15, 0.2) is 5.78 Å². The van der Waals surface area contributed by atoms with Gasteiger partial charge in [-0.1, -0.05) is 73.5 Å². The number of carbonyl (C=O) groups is 5. The zero-order valence-electron chi connectivity index (χ0n) is 25.4. The van der Waals surface area contributed by atoms with Crippen LogP contribution in [0.5, 0.6) is 0 Å². The summed E-state index contributed by atoms with van der Waals surface area (Å²) in [7, 11) is 0. The van der Waals surface area contributed by atoms with Gasteiger partial charge in [0.1, 0.15) is 30.3 Å². The van der Waals surface area contributed by atoms with Crippen LogP contribution in [0.25, 0.3) is 0 Å². The Morgan fingerprint density at radius 3 is 1.98 bits per heavy atom. The van der Waals surface area contributed by atoms with Crippen molar-refractivity contribution in [2.75, 3.05) is 6.54 Å². The van der Waals surface area contributed by atoms with E-state index in [1.165, 1.54) is 6.92 Å². The van der Waals surface area contributed by atoms with E-state index in [0.717, 1.165) is 24.0 Å². The first-order valence-electron chi connectivity index (χ1n) is 15.7. The average Bonchev–Trinajstić information content (AvgIpc) is 3.03. The lowest BCUT2D eigenvalue weighted by atomic mass is 9.96. The van der Waals surface area contributed by atoms with Crippen molar-refractivity contribution in [2.24, 2.45) is 0 Å². The van der Waals surface area contributed by atoms with Gasteiger partial charge in [-0.25, -0.2) is 0 Å². The molecular weight excluding hydrogens is 560 g/mol. The molecule has 2 aliphatic heterocycles. The molecule has 0 aromatic heterocycles. The predicted octanol–water partition coefficient (Wildman–Crippen LogP) is 2.22. The number of benzene rings is 2. The molecule has 2 aromatic carbocycles. The predicted molar refractivity (Wildman–Crippen MR) is 165 cm³/mol. The molecule has 4 amide bonds. The van der Waals surface area contributed by atoms with Crippen LogP contribution in [0.4, 0.5) is 0 Å². The fraction of sp³-hybridized carbons (Fsp3) is 0.500. The summed E-state index contributed by atoms with van der Waals surface area (Å²) < 4.78 is 0. The lowest BCUT2D eigenvalue weighted by molar-refractivity contribution is -0.146. The molecule has 4 rings (SSSR count). The Labute approximate surface area is 259 Å². The molecule has 0 radical (unpaired) electrons. The van der Waals surface area contributed by atoms with E-state index < -0.39 is 42.1 Å². The van der Waals surface area contributed by atoms with Gasteiger partial charge in [-0.2, -0.15) is 0 Å². The van der Waals surface area contributed by atoms with E-state index in [-0.39, 0.29) is 36.9 Å². The van der Waals surface area contributed by atoms with E-state index in [4.69, 9.17) is 0 Å². The minimum Gasteiger partial charge on any atom is -0.386 e.